The lowest BCUT2D eigenvalue weighted by molar-refractivity contribution is 0.358. The minimum Gasteiger partial charge on any atom is -0.491 e. The van der Waals surface area contributed by atoms with Crippen LogP contribution >= 0.6 is 0 Å². The number of rotatable bonds is 1. The average molecular weight is 167 g/mol. The molecule has 0 radical (unpaired) electrons. The number of aromatic hydroxyl groups is 1. The molecule has 1 aliphatic carbocycles. The van der Waals surface area contributed by atoms with Gasteiger partial charge in [0.2, 0.25) is 0 Å². The third-order valence-corrected chi connectivity index (χ3v) is 2.62. The van der Waals surface area contributed by atoms with E-state index in [9.17, 15) is 5.11 Å². The predicted octanol–water partition coefficient (Wildman–Crippen LogP) is 2.43. The van der Waals surface area contributed by atoms with Crippen molar-refractivity contribution in [3.05, 3.63) is 11.8 Å². The van der Waals surface area contributed by atoms with Gasteiger partial charge in [0.05, 0.1) is 5.56 Å². The predicted molar refractivity (Wildman–Crippen MR) is 44.0 cm³/mol. The van der Waals surface area contributed by atoms with Gasteiger partial charge in [0.25, 0.3) is 5.88 Å². The van der Waals surface area contributed by atoms with Gasteiger partial charge in [-0.25, -0.2) is 0 Å². The first-order valence-electron chi connectivity index (χ1n) is 4.51. The standard InChI is InChI=1S/C9H13NO2/c11-9-8(6-12-10-9)7-4-2-1-3-5-7/h6-7H,1-5H2,(H,10,11). The molecular formula is C9H13NO2. The molecule has 0 amide bonds. The van der Waals surface area contributed by atoms with Gasteiger partial charge in [0.1, 0.15) is 6.26 Å². The maximum atomic E-state index is 9.30. The highest BCUT2D eigenvalue weighted by Gasteiger charge is 2.20. The molecule has 1 N–H and O–H groups in total. The Morgan fingerprint density at radius 3 is 2.67 bits per heavy atom. The van der Waals surface area contributed by atoms with Crippen LogP contribution in [0.5, 0.6) is 5.88 Å². The van der Waals surface area contributed by atoms with Crippen molar-refractivity contribution < 1.29 is 9.63 Å². The summed E-state index contributed by atoms with van der Waals surface area (Å²) in [5, 5.41) is 12.8. The molecule has 1 aliphatic rings. The zero-order chi connectivity index (χ0) is 8.39. The summed E-state index contributed by atoms with van der Waals surface area (Å²) in [6.45, 7) is 0. The van der Waals surface area contributed by atoms with E-state index < -0.39 is 0 Å². The highest BCUT2D eigenvalue weighted by molar-refractivity contribution is 5.24. The molecule has 12 heavy (non-hydrogen) atoms. The van der Waals surface area contributed by atoms with Crippen molar-refractivity contribution >= 4 is 0 Å². The van der Waals surface area contributed by atoms with Crippen molar-refractivity contribution in [3.8, 4) is 5.88 Å². The second kappa shape index (κ2) is 3.17. The second-order valence-corrected chi connectivity index (χ2v) is 3.43. The van der Waals surface area contributed by atoms with E-state index in [1.54, 1.807) is 6.26 Å². The fourth-order valence-corrected chi connectivity index (χ4v) is 1.93. The summed E-state index contributed by atoms with van der Waals surface area (Å²) >= 11 is 0. The molecule has 66 valence electrons. The van der Waals surface area contributed by atoms with E-state index in [4.69, 9.17) is 4.52 Å². The van der Waals surface area contributed by atoms with Crippen LogP contribution < -0.4 is 0 Å². The van der Waals surface area contributed by atoms with E-state index in [1.807, 2.05) is 0 Å². The Labute approximate surface area is 71.4 Å². The van der Waals surface area contributed by atoms with E-state index in [2.05, 4.69) is 5.16 Å². The number of aromatic nitrogens is 1. The van der Waals surface area contributed by atoms with Gasteiger partial charge >= 0.3 is 0 Å². The fourth-order valence-electron chi connectivity index (χ4n) is 1.93. The van der Waals surface area contributed by atoms with E-state index in [0.717, 1.165) is 18.4 Å². The van der Waals surface area contributed by atoms with E-state index in [1.165, 1.54) is 19.3 Å². The van der Waals surface area contributed by atoms with Crippen molar-refractivity contribution in [1.82, 2.24) is 5.16 Å². The molecule has 3 heteroatoms. The summed E-state index contributed by atoms with van der Waals surface area (Å²) in [5.41, 5.74) is 0.898. The molecule has 2 rings (SSSR count). The normalized spacial score (nSPS) is 19.7. The van der Waals surface area contributed by atoms with Crippen molar-refractivity contribution in [2.24, 2.45) is 0 Å². The van der Waals surface area contributed by atoms with Gasteiger partial charge in [-0.3, -0.25) is 0 Å². The van der Waals surface area contributed by atoms with Gasteiger partial charge < -0.3 is 9.63 Å². The Balaban J connectivity index is 2.13. The van der Waals surface area contributed by atoms with Crippen LogP contribution in [0.1, 0.15) is 43.6 Å². The first-order chi connectivity index (χ1) is 5.88. The Hall–Kier alpha value is -0.990. The lowest BCUT2D eigenvalue weighted by Gasteiger charge is -2.19. The van der Waals surface area contributed by atoms with E-state index >= 15 is 0 Å². The quantitative estimate of drug-likeness (QED) is 0.698. The minimum atomic E-state index is 0.0851. The molecule has 0 atom stereocenters. The molecule has 0 aromatic carbocycles. The van der Waals surface area contributed by atoms with Crippen LogP contribution in [0.3, 0.4) is 0 Å². The Morgan fingerprint density at radius 1 is 1.33 bits per heavy atom. The molecule has 0 saturated heterocycles. The topological polar surface area (TPSA) is 46.3 Å². The lowest BCUT2D eigenvalue weighted by atomic mass is 9.85. The van der Waals surface area contributed by atoms with Crippen LogP contribution in [0.2, 0.25) is 0 Å². The Bertz CT molecular complexity index is 251. The fraction of sp³-hybridized carbons (Fsp3) is 0.667. The first kappa shape index (κ1) is 7.65. The monoisotopic (exact) mass is 167 g/mol. The SMILES string of the molecule is Oc1nocc1C1CCCCC1. The van der Waals surface area contributed by atoms with E-state index in [0.29, 0.717) is 5.92 Å². The van der Waals surface area contributed by atoms with Crippen LogP contribution in [-0.2, 0) is 0 Å². The van der Waals surface area contributed by atoms with Crippen LogP contribution in [0.25, 0.3) is 0 Å². The molecule has 1 saturated carbocycles. The third-order valence-electron chi connectivity index (χ3n) is 2.62. The maximum Gasteiger partial charge on any atom is 0.255 e. The van der Waals surface area contributed by atoms with Gasteiger partial charge in [-0.15, -0.1) is 0 Å². The molecule has 0 spiro atoms. The Morgan fingerprint density at radius 2 is 2.08 bits per heavy atom. The smallest absolute Gasteiger partial charge is 0.255 e. The first-order valence-corrected chi connectivity index (χ1v) is 4.51. The summed E-state index contributed by atoms with van der Waals surface area (Å²) in [4.78, 5) is 0. The molecule has 0 unspecified atom stereocenters. The summed E-state index contributed by atoms with van der Waals surface area (Å²) < 4.78 is 4.70. The molecule has 1 aromatic rings. The summed E-state index contributed by atoms with van der Waals surface area (Å²) in [5.74, 6) is 0.562. The average Bonchev–Trinajstić information content (AvgIpc) is 2.53. The van der Waals surface area contributed by atoms with Crippen LogP contribution in [-0.4, -0.2) is 10.3 Å². The van der Waals surface area contributed by atoms with Crippen molar-refractivity contribution in [2.75, 3.05) is 0 Å². The minimum absolute atomic E-state index is 0.0851. The highest BCUT2D eigenvalue weighted by atomic mass is 16.5. The zero-order valence-corrected chi connectivity index (χ0v) is 6.99. The molecule has 3 nitrogen and oxygen atoms in total. The largest absolute Gasteiger partial charge is 0.491 e. The molecule has 0 bridgehead atoms. The molecule has 1 aromatic heterocycles. The number of nitrogens with zero attached hydrogens (tertiary/aromatic N) is 1. The summed E-state index contributed by atoms with van der Waals surface area (Å²) in [6, 6.07) is 0. The molecule has 0 aliphatic heterocycles. The van der Waals surface area contributed by atoms with Crippen LogP contribution in [0.4, 0.5) is 0 Å². The Kier molecular flexibility index (Phi) is 2.02. The number of hydrogen-bond acceptors (Lipinski definition) is 3. The van der Waals surface area contributed by atoms with Crippen LogP contribution in [0.15, 0.2) is 10.8 Å². The van der Waals surface area contributed by atoms with E-state index in [-0.39, 0.29) is 5.88 Å². The van der Waals surface area contributed by atoms with Gasteiger partial charge in [0, 0.05) is 0 Å². The lowest BCUT2D eigenvalue weighted by Crippen LogP contribution is -2.03. The maximum absolute atomic E-state index is 9.30. The third kappa shape index (κ3) is 1.31. The van der Waals surface area contributed by atoms with Gasteiger partial charge in [-0.1, -0.05) is 19.3 Å². The highest BCUT2D eigenvalue weighted by Crippen LogP contribution is 2.36. The summed E-state index contributed by atoms with van der Waals surface area (Å²) in [7, 11) is 0. The van der Waals surface area contributed by atoms with Crippen molar-refractivity contribution in [2.45, 2.75) is 38.0 Å². The molecule has 1 fully saturated rings. The van der Waals surface area contributed by atoms with Gasteiger partial charge in [-0.05, 0) is 23.9 Å². The van der Waals surface area contributed by atoms with Crippen molar-refractivity contribution in [3.63, 3.8) is 0 Å². The van der Waals surface area contributed by atoms with Crippen molar-refractivity contribution in [1.29, 1.82) is 0 Å². The van der Waals surface area contributed by atoms with Crippen LogP contribution in [0, 0.1) is 0 Å². The number of hydrogen-bond donors (Lipinski definition) is 1. The van der Waals surface area contributed by atoms with Gasteiger partial charge in [-0.2, -0.15) is 0 Å². The molecular weight excluding hydrogens is 154 g/mol. The second-order valence-electron chi connectivity index (χ2n) is 3.43. The van der Waals surface area contributed by atoms with Gasteiger partial charge in [0.15, 0.2) is 0 Å². The zero-order valence-electron chi connectivity index (χ0n) is 6.99. The summed E-state index contributed by atoms with van der Waals surface area (Å²) in [6.07, 6.45) is 7.74. The molecule has 1 heterocycles.